The number of nitrogens with one attached hydrogen (secondary N) is 1. The fourth-order valence-corrected chi connectivity index (χ4v) is 2.94. The molecule has 0 fully saturated rings. The highest BCUT2D eigenvalue weighted by Crippen LogP contribution is 2.27. The van der Waals surface area contributed by atoms with E-state index in [1.54, 1.807) is 6.20 Å². The molecule has 1 aromatic carbocycles. The summed E-state index contributed by atoms with van der Waals surface area (Å²) in [6.07, 6.45) is 2.07. The molecule has 3 rings (SSSR count). The third-order valence-electron chi connectivity index (χ3n) is 3.84. The van der Waals surface area contributed by atoms with Crippen molar-refractivity contribution in [2.75, 3.05) is 12.4 Å². The Morgan fingerprint density at radius 3 is 2.88 bits per heavy atom. The van der Waals surface area contributed by atoms with E-state index in [1.807, 2.05) is 36.4 Å². The number of fused-ring (bicyclic) bond motifs is 1. The number of ether oxygens (including phenoxy) is 1. The first-order valence-corrected chi connectivity index (χ1v) is 8.54. The summed E-state index contributed by atoms with van der Waals surface area (Å²) in [5, 5.41) is 2.89. The van der Waals surface area contributed by atoms with Gasteiger partial charge >= 0.3 is 5.97 Å². The smallest absolute Gasteiger partial charge is 0.305 e. The SMILES string of the molecule is COC(=O)CC[C@H]1N=C(c2ccccn2)c2cc(Br)ccc2NC1=O. The third kappa shape index (κ3) is 3.93. The van der Waals surface area contributed by atoms with Crippen LogP contribution in [0.2, 0.25) is 0 Å². The summed E-state index contributed by atoms with van der Waals surface area (Å²) in [7, 11) is 1.32. The zero-order valence-electron chi connectivity index (χ0n) is 13.5. The van der Waals surface area contributed by atoms with Crippen LogP contribution in [-0.4, -0.2) is 35.7 Å². The molecule has 0 saturated carbocycles. The van der Waals surface area contributed by atoms with Crippen LogP contribution in [0.5, 0.6) is 0 Å². The molecule has 1 aliphatic heterocycles. The van der Waals surface area contributed by atoms with Gasteiger partial charge < -0.3 is 10.1 Å². The van der Waals surface area contributed by atoms with E-state index in [4.69, 9.17) is 0 Å². The predicted molar refractivity (Wildman–Crippen MR) is 97.7 cm³/mol. The van der Waals surface area contributed by atoms with Crippen LogP contribution >= 0.6 is 15.9 Å². The monoisotopic (exact) mass is 401 g/mol. The molecule has 0 radical (unpaired) electrons. The molecule has 1 N–H and O–H groups in total. The number of nitrogens with zero attached hydrogens (tertiary/aromatic N) is 2. The molecule has 128 valence electrons. The second-order valence-corrected chi connectivity index (χ2v) is 6.42. The number of hydrogen-bond donors (Lipinski definition) is 1. The Balaban J connectivity index is 2.05. The first-order chi connectivity index (χ1) is 12.1. The highest BCUT2D eigenvalue weighted by Gasteiger charge is 2.27. The van der Waals surface area contributed by atoms with Crippen molar-refractivity contribution >= 4 is 39.2 Å². The van der Waals surface area contributed by atoms with Crippen LogP contribution in [0.4, 0.5) is 5.69 Å². The Labute approximate surface area is 153 Å². The molecule has 1 amide bonds. The number of pyridine rings is 1. The van der Waals surface area contributed by atoms with E-state index in [9.17, 15) is 9.59 Å². The Morgan fingerprint density at radius 2 is 2.16 bits per heavy atom. The van der Waals surface area contributed by atoms with Gasteiger partial charge in [-0.15, -0.1) is 0 Å². The number of aromatic nitrogens is 1. The molecule has 2 heterocycles. The van der Waals surface area contributed by atoms with Crippen molar-refractivity contribution in [2.24, 2.45) is 4.99 Å². The molecule has 1 atom stereocenters. The summed E-state index contributed by atoms with van der Waals surface area (Å²) in [6.45, 7) is 0. The maximum atomic E-state index is 12.5. The number of hydrogen-bond acceptors (Lipinski definition) is 5. The maximum Gasteiger partial charge on any atom is 0.305 e. The average molecular weight is 402 g/mol. The molecule has 1 aliphatic rings. The fraction of sp³-hybridized carbons (Fsp3) is 0.222. The van der Waals surface area contributed by atoms with Gasteiger partial charge in [-0.3, -0.25) is 19.6 Å². The molecule has 0 aliphatic carbocycles. The van der Waals surface area contributed by atoms with Crippen molar-refractivity contribution in [1.82, 2.24) is 4.98 Å². The number of esters is 1. The lowest BCUT2D eigenvalue weighted by atomic mass is 10.0. The first-order valence-electron chi connectivity index (χ1n) is 7.75. The predicted octanol–water partition coefficient (Wildman–Crippen LogP) is 2.96. The van der Waals surface area contributed by atoms with E-state index in [2.05, 4.69) is 36.0 Å². The molecule has 1 aromatic heterocycles. The highest BCUT2D eigenvalue weighted by atomic mass is 79.9. The number of aliphatic imine (C=N–C) groups is 1. The van der Waals surface area contributed by atoms with Crippen molar-refractivity contribution < 1.29 is 14.3 Å². The van der Waals surface area contributed by atoms with Crippen LogP contribution in [0, 0.1) is 0 Å². The minimum Gasteiger partial charge on any atom is -0.469 e. The van der Waals surface area contributed by atoms with Crippen LogP contribution in [0.15, 0.2) is 52.1 Å². The summed E-state index contributed by atoms with van der Waals surface area (Å²) in [5.74, 6) is -0.620. The van der Waals surface area contributed by atoms with Crippen LogP contribution < -0.4 is 5.32 Å². The van der Waals surface area contributed by atoms with E-state index in [-0.39, 0.29) is 24.7 Å². The van der Waals surface area contributed by atoms with Crippen molar-refractivity contribution in [3.63, 3.8) is 0 Å². The minimum atomic E-state index is -0.692. The van der Waals surface area contributed by atoms with Gasteiger partial charge in [0.05, 0.1) is 24.2 Å². The fourth-order valence-electron chi connectivity index (χ4n) is 2.58. The molecule has 7 heteroatoms. The maximum absolute atomic E-state index is 12.5. The molecule has 0 spiro atoms. The Hall–Kier alpha value is -2.54. The van der Waals surface area contributed by atoms with E-state index in [1.165, 1.54) is 7.11 Å². The van der Waals surface area contributed by atoms with Gasteiger partial charge in [0.25, 0.3) is 0 Å². The van der Waals surface area contributed by atoms with Gasteiger partial charge in [-0.05, 0) is 36.8 Å². The number of carbonyl (C=O) groups is 2. The van der Waals surface area contributed by atoms with Crippen molar-refractivity contribution in [3.8, 4) is 0 Å². The normalized spacial score (nSPS) is 16.3. The van der Waals surface area contributed by atoms with Crippen molar-refractivity contribution in [3.05, 3.63) is 58.3 Å². The Kier molecular flexibility index (Phi) is 5.23. The summed E-state index contributed by atoms with van der Waals surface area (Å²) in [6, 6.07) is 10.4. The van der Waals surface area contributed by atoms with Crippen LogP contribution in [-0.2, 0) is 14.3 Å². The average Bonchev–Trinajstić information content (AvgIpc) is 2.76. The number of carbonyl (C=O) groups excluding carboxylic acids is 2. The molecule has 25 heavy (non-hydrogen) atoms. The Bertz CT molecular complexity index is 837. The van der Waals surface area contributed by atoms with Crippen LogP contribution in [0.25, 0.3) is 0 Å². The molecule has 0 bridgehead atoms. The largest absolute Gasteiger partial charge is 0.469 e. The second kappa shape index (κ2) is 7.57. The van der Waals surface area contributed by atoms with Gasteiger partial charge in [0.15, 0.2) is 0 Å². The van der Waals surface area contributed by atoms with Gasteiger partial charge in [-0.2, -0.15) is 0 Å². The van der Waals surface area contributed by atoms with Gasteiger partial charge in [0.2, 0.25) is 5.91 Å². The van der Waals surface area contributed by atoms with Crippen LogP contribution in [0.1, 0.15) is 24.1 Å². The van der Waals surface area contributed by atoms with Crippen molar-refractivity contribution in [1.29, 1.82) is 0 Å². The molecule has 0 unspecified atom stereocenters. The highest BCUT2D eigenvalue weighted by molar-refractivity contribution is 9.10. The molecule has 0 saturated heterocycles. The zero-order valence-corrected chi connectivity index (χ0v) is 15.1. The van der Waals surface area contributed by atoms with E-state index in [0.29, 0.717) is 17.1 Å². The molecular weight excluding hydrogens is 386 g/mol. The van der Waals surface area contributed by atoms with Gasteiger partial charge in [-0.1, -0.05) is 22.0 Å². The van der Waals surface area contributed by atoms with Crippen molar-refractivity contribution in [2.45, 2.75) is 18.9 Å². The lowest BCUT2D eigenvalue weighted by molar-refractivity contribution is -0.140. The van der Waals surface area contributed by atoms with E-state index in [0.717, 1.165) is 10.0 Å². The van der Waals surface area contributed by atoms with Gasteiger partial charge in [0.1, 0.15) is 6.04 Å². The topological polar surface area (TPSA) is 80.7 Å². The quantitative estimate of drug-likeness (QED) is 0.798. The second-order valence-electron chi connectivity index (χ2n) is 5.50. The lowest BCUT2D eigenvalue weighted by Crippen LogP contribution is -2.26. The summed E-state index contributed by atoms with van der Waals surface area (Å²) in [5.41, 5.74) is 2.73. The van der Waals surface area contributed by atoms with E-state index >= 15 is 0 Å². The number of methoxy groups -OCH3 is 1. The van der Waals surface area contributed by atoms with Gasteiger partial charge in [0, 0.05) is 22.7 Å². The minimum absolute atomic E-state index is 0.119. The zero-order chi connectivity index (χ0) is 17.8. The number of anilines is 1. The standard InChI is InChI=1S/C18H16BrN3O3/c1-25-16(23)8-7-15-18(24)22-13-6-5-11(19)10-12(13)17(21-15)14-4-2-3-9-20-14/h2-6,9-10,15H,7-8H2,1H3,(H,22,24)/t15-/m1/s1. The van der Waals surface area contributed by atoms with Gasteiger partial charge in [-0.25, -0.2) is 0 Å². The summed E-state index contributed by atoms with van der Waals surface area (Å²) in [4.78, 5) is 33.0. The molecule has 6 nitrogen and oxygen atoms in total. The summed E-state index contributed by atoms with van der Waals surface area (Å²) < 4.78 is 5.53. The number of rotatable bonds is 4. The number of benzodiazepines with no additional fused rings is 1. The summed E-state index contributed by atoms with van der Waals surface area (Å²) >= 11 is 3.46. The Morgan fingerprint density at radius 1 is 1.32 bits per heavy atom. The third-order valence-corrected chi connectivity index (χ3v) is 4.33. The number of halogens is 1. The number of benzene rings is 1. The molecular formula is C18H16BrN3O3. The number of amides is 1. The van der Waals surface area contributed by atoms with E-state index < -0.39 is 6.04 Å². The first kappa shape index (κ1) is 17.3. The molecule has 2 aromatic rings. The lowest BCUT2D eigenvalue weighted by Gasteiger charge is -2.10. The van der Waals surface area contributed by atoms with Crippen LogP contribution in [0.3, 0.4) is 0 Å².